The van der Waals surface area contributed by atoms with Gasteiger partial charge in [0.25, 0.3) is 11.5 Å². The van der Waals surface area contributed by atoms with Crippen LogP contribution >= 0.6 is 15.9 Å². The van der Waals surface area contributed by atoms with E-state index in [9.17, 15) is 19.2 Å². The smallest absolute Gasteiger partial charge is 0.328 e. The number of rotatable bonds is 5. The zero-order chi connectivity index (χ0) is 21.1. The summed E-state index contributed by atoms with van der Waals surface area (Å²) in [6.07, 6.45) is 0. The molecule has 0 aliphatic rings. The number of carbonyl (C=O) groups is 2. The maximum Gasteiger partial charge on any atom is 0.328 e. The first-order valence-corrected chi connectivity index (χ1v) is 9.70. The van der Waals surface area contributed by atoms with Crippen LogP contribution in [0.25, 0.3) is 10.9 Å². The number of carbonyl (C=O) groups excluding carboxylic acids is 2. The Morgan fingerprint density at radius 2 is 1.90 bits per heavy atom. The fourth-order valence-corrected chi connectivity index (χ4v) is 3.38. The van der Waals surface area contributed by atoms with Gasteiger partial charge in [0.1, 0.15) is 0 Å². The van der Waals surface area contributed by atoms with E-state index in [1.165, 1.54) is 18.2 Å². The number of halogens is 1. The summed E-state index contributed by atoms with van der Waals surface area (Å²) in [6.45, 7) is 3.59. The minimum absolute atomic E-state index is 0.222. The fraction of sp³-hybridized carbons (Fsp3) is 0.200. The second-order valence-electron chi connectivity index (χ2n) is 6.43. The second kappa shape index (κ2) is 8.44. The molecular weight excluding hydrogens is 440 g/mol. The van der Waals surface area contributed by atoms with Crippen LogP contribution in [-0.4, -0.2) is 27.9 Å². The van der Waals surface area contributed by atoms with E-state index < -0.39 is 17.2 Å². The topological polar surface area (TPSA) is 113 Å². The highest BCUT2D eigenvalue weighted by Crippen LogP contribution is 2.19. The highest BCUT2D eigenvalue weighted by Gasteiger charge is 2.12. The number of nitrogens with zero attached hydrogens (tertiary/aromatic N) is 1. The largest absolute Gasteiger partial charge is 0.343 e. The van der Waals surface area contributed by atoms with Gasteiger partial charge in [-0.1, -0.05) is 15.9 Å². The van der Waals surface area contributed by atoms with E-state index in [0.717, 1.165) is 14.6 Å². The number of anilines is 1. The Labute approximate surface area is 174 Å². The van der Waals surface area contributed by atoms with Gasteiger partial charge in [0.05, 0.1) is 17.4 Å². The zero-order valence-corrected chi connectivity index (χ0v) is 17.4. The lowest BCUT2D eigenvalue weighted by molar-refractivity contribution is -0.115. The molecule has 2 amide bonds. The maximum absolute atomic E-state index is 12.4. The average molecular weight is 459 g/mol. The van der Waals surface area contributed by atoms with Gasteiger partial charge < -0.3 is 15.6 Å². The molecule has 0 aliphatic carbocycles. The maximum atomic E-state index is 12.4. The van der Waals surface area contributed by atoms with Gasteiger partial charge in [0, 0.05) is 22.3 Å². The summed E-state index contributed by atoms with van der Waals surface area (Å²) in [5.41, 5.74) is 1.09. The number of hydrogen-bond acceptors (Lipinski definition) is 4. The molecular formula is C20H19BrN4O4. The van der Waals surface area contributed by atoms with E-state index in [0.29, 0.717) is 11.1 Å². The van der Waals surface area contributed by atoms with Crippen LogP contribution in [0.2, 0.25) is 0 Å². The lowest BCUT2D eigenvalue weighted by atomic mass is 10.1. The van der Waals surface area contributed by atoms with Gasteiger partial charge >= 0.3 is 5.69 Å². The Morgan fingerprint density at radius 1 is 1.14 bits per heavy atom. The third kappa shape index (κ3) is 4.45. The van der Waals surface area contributed by atoms with Gasteiger partial charge in [-0.05, 0) is 55.8 Å². The Morgan fingerprint density at radius 3 is 2.59 bits per heavy atom. The first kappa shape index (κ1) is 20.5. The molecule has 2 aromatic carbocycles. The molecule has 0 saturated carbocycles. The molecule has 0 atom stereocenters. The molecule has 1 aromatic heterocycles. The van der Waals surface area contributed by atoms with Crippen LogP contribution in [0.5, 0.6) is 0 Å². The van der Waals surface area contributed by atoms with E-state index >= 15 is 0 Å². The summed E-state index contributed by atoms with van der Waals surface area (Å²) < 4.78 is 1.98. The van der Waals surface area contributed by atoms with Crippen molar-refractivity contribution in [2.75, 3.05) is 11.9 Å². The molecule has 0 radical (unpaired) electrons. The third-order valence-electron chi connectivity index (χ3n) is 4.43. The number of H-pyrrole nitrogens is 1. The van der Waals surface area contributed by atoms with E-state index in [-0.39, 0.29) is 30.1 Å². The quantitative estimate of drug-likeness (QED) is 0.543. The molecule has 0 spiro atoms. The van der Waals surface area contributed by atoms with E-state index in [2.05, 4.69) is 31.5 Å². The van der Waals surface area contributed by atoms with Crippen molar-refractivity contribution in [3.63, 3.8) is 0 Å². The minimum atomic E-state index is -0.535. The molecule has 0 unspecified atom stereocenters. The molecule has 0 saturated heterocycles. The van der Waals surface area contributed by atoms with Crippen molar-refractivity contribution in [3.8, 4) is 0 Å². The van der Waals surface area contributed by atoms with Crippen molar-refractivity contribution in [2.45, 2.75) is 20.4 Å². The molecule has 3 rings (SSSR count). The number of benzene rings is 2. The first-order valence-electron chi connectivity index (χ1n) is 8.91. The SMILES string of the molecule is CCn1c(=O)[nH]c2cc(C(=O)NCC(=O)Nc3ccc(Br)cc3C)ccc2c1=O. The summed E-state index contributed by atoms with van der Waals surface area (Å²) in [5, 5.41) is 5.58. The van der Waals surface area contributed by atoms with Crippen LogP contribution < -0.4 is 21.9 Å². The number of amides is 2. The molecule has 0 bridgehead atoms. The van der Waals surface area contributed by atoms with Crippen LogP contribution in [0, 0.1) is 6.92 Å². The van der Waals surface area contributed by atoms with Crippen LogP contribution in [0.3, 0.4) is 0 Å². The van der Waals surface area contributed by atoms with Crippen molar-refractivity contribution < 1.29 is 9.59 Å². The number of hydrogen-bond donors (Lipinski definition) is 3. The number of aryl methyl sites for hydroxylation is 1. The average Bonchev–Trinajstić information content (AvgIpc) is 2.68. The Hall–Kier alpha value is -3.20. The summed E-state index contributed by atoms with van der Waals surface area (Å²) in [7, 11) is 0. The van der Waals surface area contributed by atoms with Crippen LogP contribution in [-0.2, 0) is 11.3 Å². The lowest BCUT2D eigenvalue weighted by Gasteiger charge is -2.10. The Kier molecular flexibility index (Phi) is 5.97. The predicted octanol–water partition coefficient (Wildman–Crippen LogP) is 2.15. The lowest BCUT2D eigenvalue weighted by Crippen LogP contribution is -2.35. The normalized spacial score (nSPS) is 10.7. The summed E-state index contributed by atoms with van der Waals surface area (Å²) in [6, 6.07) is 9.83. The molecule has 3 aromatic rings. The molecule has 29 heavy (non-hydrogen) atoms. The monoisotopic (exact) mass is 458 g/mol. The molecule has 0 aliphatic heterocycles. The predicted molar refractivity (Wildman–Crippen MR) is 114 cm³/mol. The van der Waals surface area contributed by atoms with Crippen molar-refractivity contribution in [2.24, 2.45) is 0 Å². The van der Waals surface area contributed by atoms with Crippen molar-refractivity contribution >= 4 is 44.3 Å². The zero-order valence-electron chi connectivity index (χ0n) is 15.8. The van der Waals surface area contributed by atoms with E-state index in [4.69, 9.17) is 0 Å². The van der Waals surface area contributed by atoms with Crippen LogP contribution in [0.1, 0.15) is 22.8 Å². The minimum Gasteiger partial charge on any atom is -0.343 e. The van der Waals surface area contributed by atoms with Crippen molar-refractivity contribution in [3.05, 3.63) is 72.8 Å². The van der Waals surface area contributed by atoms with Gasteiger partial charge in [-0.25, -0.2) is 4.79 Å². The van der Waals surface area contributed by atoms with Gasteiger partial charge in [0.2, 0.25) is 5.91 Å². The molecule has 1 heterocycles. The Bertz CT molecular complexity index is 1230. The molecule has 0 fully saturated rings. The number of nitrogens with one attached hydrogen (secondary N) is 3. The van der Waals surface area contributed by atoms with Gasteiger partial charge in [-0.3, -0.25) is 19.0 Å². The molecule has 3 N–H and O–H groups in total. The third-order valence-corrected chi connectivity index (χ3v) is 4.93. The highest BCUT2D eigenvalue weighted by atomic mass is 79.9. The molecule has 8 nitrogen and oxygen atoms in total. The first-order chi connectivity index (χ1) is 13.8. The van der Waals surface area contributed by atoms with Crippen molar-refractivity contribution in [1.29, 1.82) is 0 Å². The molecule has 150 valence electrons. The molecule has 9 heteroatoms. The van der Waals surface area contributed by atoms with Crippen LogP contribution in [0.4, 0.5) is 5.69 Å². The van der Waals surface area contributed by atoms with Crippen LogP contribution in [0.15, 0.2) is 50.5 Å². The fourth-order valence-electron chi connectivity index (χ4n) is 2.91. The summed E-state index contributed by atoms with van der Waals surface area (Å²) >= 11 is 3.36. The van der Waals surface area contributed by atoms with E-state index in [1.54, 1.807) is 13.0 Å². The van der Waals surface area contributed by atoms with Gasteiger partial charge in [0.15, 0.2) is 0 Å². The summed E-state index contributed by atoms with van der Waals surface area (Å²) in [4.78, 5) is 51.3. The van der Waals surface area contributed by atoms with Gasteiger partial charge in [-0.2, -0.15) is 0 Å². The second-order valence-corrected chi connectivity index (χ2v) is 7.35. The Balaban J connectivity index is 1.72. The van der Waals surface area contributed by atoms with Crippen molar-refractivity contribution in [1.82, 2.24) is 14.9 Å². The van der Waals surface area contributed by atoms with Gasteiger partial charge in [-0.15, -0.1) is 0 Å². The number of aromatic amines is 1. The standard InChI is InChI=1S/C20H19BrN4O4/c1-3-25-19(28)14-6-4-12(9-16(14)24-20(25)29)18(27)22-10-17(26)23-15-7-5-13(21)8-11(15)2/h4-9H,3,10H2,1-2H3,(H,22,27)(H,23,26)(H,24,29). The summed E-state index contributed by atoms with van der Waals surface area (Å²) in [5.74, 6) is -0.862. The number of fused-ring (bicyclic) bond motifs is 1. The highest BCUT2D eigenvalue weighted by molar-refractivity contribution is 9.10. The van der Waals surface area contributed by atoms with E-state index in [1.807, 2.05) is 19.1 Å². The number of aromatic nitrogens is 2.